The van der Waals surface area contributed by atoms with Crippen molar-refractivity contribution in [1.82, 2.24) is 14.9 Å². The first kappa shape index (κ1) is 20.2. The zero-order valence-corrected chi connectivity index (χ0v) is 17.0. The Hall–Kier alpha value is -2.51. The number of imidazole rings is 1. The molecule has 1 aromatic heterocycles. The van der Waals surface area contributed by atoms with Crippen LogP contribution < -0.4 is 10.1 Å². The van der Waals surface area contributed by atoms with Gasteiger partial charge in [0.05, 0.1) is 23.4 Å². The van der Waals surface area contributed by atoms with Gasteiger partial charge in [-0.1, -0.05) is 24.3 Å². The predicted octanol–water partition coefficient (Wildman–Crippen LogP) is 3.24. The van der Waals surface area contributed by atoms with E-state index in [1.165, 1.54) is 0 Å². The lowest BCUT2D eigenvalue weighted by Gasteiger charge is -2.10. The summed E-state index contributed by atoms with van der Waals surface area (Å²) in [7, 11) is 1.64. The zero-order chi connectivity index (χ0) is 19.8. The van der Waals surface area contributed by atoms with Gasteiger partial charge in [-0.3, -0.25) is 4.79 Å². The number of hydrogen-bond donors (Lipinski definition) is 1. The van der Waals surface area contributed by atoms with E-state index in [4.69, 9.17) is 9.47 Å². The summed E-state index contributed by atoms with van der Waals surface area (Å²) in [5.74, 6) is 2.44. The van der Waals surface area contributed by atoms with Gasteiger partial charge in [0.25, 0.3) is 0 Å². The first-order valence-electron chi connectivity index (χ1n) is 9.11. The summed E-state index contributed by atoms with van der Waals surface area (Å²) in [6, 6.07) is 15.6. The Labute approximate surface area is 169 Å². The third kappa shape index (κ3) is 5.27. The molecule has 0 saturated heterocycles. The number of amides is 1. The van der Waals surface area contributed by atoms with E-state index in [0.29, 0.717) is 19.8 Å². The number of para-hydroxylation sites is 2. The lowest BCUT2D eigenvalue weighted by molar-refractivity contribution is -0.121. The van der Waals surface area contributed by atoms with Crippen molar-refractivity contribution in [1.29, 1.82) is 0 Å². The molecular formula is C21H25N3O3S. The molecule has 0 radical (unpaired) electrons. The van der Waals surface area contributed by atoms with Crippen molar-refractivity contribution >= 4 is 28.7 Å². The van der Waals surface area contributed by atoms with Gasteiger partial charge in [0.2, 0.25) is 5.91 Å². The Bertz CT molecular complexity index is 909. The van der Waals surface area contributed by atoms with Gasteiger partial charge in [-0.25, -0.2) is 4.98 Å². The number of thioether (sulfide) groups is 1. The van der Waals surface area contributed by atoms with Crippen LogP contribution in [0.2, 0.25) is 0 Å². The molecule has 0 unspecified atom stereocenters. The number of ether oxygens (including phenoxy) is 2. The standard InChI is InChI=1S/C21H25N3O3S/c1-26-11-12-27-17-9-7-16(8-10-17)13-22-21(25)14-24-19-6-4-3-5-18(19)23-20(24)15-28-2/h3-10H,11-15H2,1-2H3,(H,22,25). The Kier molecular flexibility index (Phi) is 7.33. The van der Waals surface area contributed by atoms with Crippen LogP contribution in [0, 0.1) is 0 Å². The van der Waals surface area contributed by atoms with Gasteiger partial charge >= 0.3 is 0 Å². The van der Waals surface area contributed by atoms with E-state index >= 15 is 0 Å². The Morgan fingerprint density at radius 3 is 2.68 bits per heavy atom. The highest BCUT2D eigenvalue weighted by atomic mass is 32.2. The molecule has 0 fully saturated rings. The number of nitrogens with one attached hydrogen (secondary N) is 1. The molecule has 0 bridgehead atoms. The fourth-order valence-corrected chi connectivity index (χ4v) is 3.37. The van der Waals surface area contributed by atoms with Crippen LogP contribution in [0.25, 0.3) is 11.0 Å². The van der Waals surface area contributed by atoms with Gasteiger partial charge in [-0.15, -0.1) is 0 Å². The summed E-state index contributed by atoms with van der Waals surface area (Å²) in [4.78, 5) is 17.2. The van der Waals surface area contributed by atoms with Crippen molar-refractivity contribution in [2.24, 2.45) is 0 Å². The second kappa shape index (κ2) is 10.1. The first-order chi connectivity index (χ1) is 13.7. The van der Waals surface area contributed by atoms with Crippen LogP contribution in [-0.4, -0.2) is 42.0 Å². The maximum atomic E-state index is 12.5. The molecule has 148 valence electrons. The maximum Gasteiger partial charge on any atom is 0.240 e. The molecule has 3 rings (SSSR count). The molecular weight excluding hydrogens is 374 g/mol. The van der Waals surface area contributed by atoms with Crippen molar-refractivity contribution in [3.05, 3.63) is 59.9 Å². The van der Waals surface area contributed by atoms with Crippen molar-refractivity contribution in [2.75, 3.05) is 26.6 Å². The van der Waals surface area contributed by atoms with Crippen LogP contribution in [0.3, 0.4) is 0 Å². The third-order valence-corrected chi connectivity index (χ3v) is 4.82. The fourth-order valence-electron chi connectivity index (χ4n) is 2.89. The van der Waals surface area contributed by atoms with E-state index in [0.717, 1.165) is 33.9 Å². The molecule has 0 spiro atoms. The Morgan fingerprint density at radius 2 is 1.93 bits per heavy atom. The molecule has 0 aliphatic heterocycles. The number of aromatic nitrogens is 2. The Morgan fingerprint density at radius 1 is 1.14 bits per heavy atom. The highest BCUT2D eigenvalue weighted by Gasteiger charge is 2.13. The van der Waals surface area contributed by atoms with Crippen molar-refractivity contribution in [2.45, 2.75) is 18.8 Å². The SMILES string of the molecule is COCCOc1ccc(CNC(=O)Cn2c(CSC)nc3ccccc32)cc1. The molecule has 28 heavy (non-hydrogen) atoms. The van der Waals surface area contributed by atoms with E-state index in [-0.39, 0.29) is 12.5 Å². The second-order valence-electron chi connectivity index (χ2n) is 6.30. The number of fused-ring (bicyclic) bond motifs is 1. The van der Waals surface area contributed by atoms with E-state index in [1.54, 1.807) is 18.9 Å². The highest BCUT2D eigenvalue weighted by Crippen LogP contribution is 2.19. The number of nitrogens with zero attached hydrogens (tertiary/aromatic N) is 2. The monoisotopic (exact) mass is 399 g/mol. The number of hydrogen-bond acceptors (Lipinski definition) is 5. The van der Waals surface area contributed by atoms with Gasteiger partial charge in [0.15, 0.2) is 0 Å². The van der Waals surface area contributed by atoms with Crippen molar-refractivity contribution in [3.63, 3.8) is 0 Å². The van der Waals surface area contributed by atoms with E-state index in [2.05, 4.69) is 10.3 Å². The van der Waals surface area contributed by atoms with Gasteiger partial charge in [0, 0.05) is 13.7 Å². The van der Waals surface area contributed by atoms with E-state index < -0.39 is 0 Å². The molecule has 0 aliphatic rings. The summed E-state index contributed by atoms with van der Waals surface area (Å²) >= 11 is 1.69. The van der Waals surface area contributed by atoms with Crippen LogP contribution in [-0.2, 0) is 28.4 Å². The van der Waals surface area contributed by atoms with Gasteiger partial charge in [0.1, 0.15) is 24.7 Å². The smallest absolute Gasteiger partial charge is 0.240 e. The minimum atomic E-state index is -0.0362. The molecule has 1 heterocycles. The van der Waals surface area contributed by atoms with Crippen LogP contribution in [0.15, 0.2) is 48.5 Å². The van der Waals surface area contributed by atoms with Crippen LogP contribution >= 0.6 is 11.8 Å². The second-order valence-corrected chi connectivity index (χ2v) is 7.16. The number of methoxy groups -OCH3 is 1. The normalized spacial score (nSPS) is 10.9. The molecule has 1 amide bonds. The third-order valence-electron chi connectivity index (χ3n) is 4.28. The molecule has 0 aliphatic carbocycles. The topological polar surface area (TPSA) is 65.4 Å². The van der Waals surface area contributed by atoms with Gasteiger partial charge in [-0.2, -0.15) is 11.8 Å². The molecule has 1 N–H and O–H groups in total. The summed E-state index contributed by atoms with van der Waals surface area (Å²) in [6.45, 7) is 1.80. The van der Waals surface area contributed by atoms with Gasteiger partial charge in [-0.05, 0) is 36.1 Å². The number of benzene rings is 2. The summed E-state index contributed by atoms with van der Waals surface area (Å²) < 4.78 is 12.5. The maximum absolute atomic E-state index is 12.5. The van der Waals surface area contributed by atoms with Crippen molar-refractivity contribution < 1.29 is 14.3 Å². The molecule has 0 atom stereocenters. The quantitative estimate of drug-likeness (QED) is 0.530. The molecule has 0 saturated carbocycles. The fraction of sp³-hybridized carbons (Fsp3) is 0.333. The minimum Gasteiger partial charge on any atom is -0.491 e. The van der Waals surface area contributed by atoms with Crippen LogP contribution in [0.1, 0.15) is 11.4 Å². The van der Waals surface area contributed by atoms with E-state index in [1.807, 2.05) is 59.4 Å². The first-order valence-corrected chi connectivity index (χ1v) is 10.5. The Balaban J connectivity index is 1.59. The lowest BCUT2D eigenvalue weighted by atomic mass is 10.2. The number of rotatable bonds is 10. The van der Waals surface area contributed by atoms with Crippen LogP contribution in [0.5, 0.6) is 5.75 Å². The predicted molar refractivity (Wildman–Crippen MR) is 113 cm³/mol. The van der Waals surface area contributed by atoms with E-state index in [9.17, 15) is 4.79 Å². The lowest BCUT2D eigenvalue weighted by Crippen LogP contribution is -2.27. The van der Waals surface area contributed by atoms with Crippen molar-refractivity contribution in [3.8, 4) is 5.75 Å². The average Bonchev–Trinajstić information content (AvgIpc) is 3.05. The molecule has 3 aromatic rings. The highest BCUT2D eigenvalue weighted by molar-refractivity contribution is 7.97. The minimum absolute atomic E-state index is 0.0362. The van der Waals surface area contributed by atoms with Gasteiger partial charge < -0.3 is 19.4 Å². The summed E-state index contributed by atoms with van der Waals surface area (Å²) in [5, 5.41) is 2.99. The average molecular weight is 400 g/mol. The van der Waals surface area contributed by atoms with Crippen LogP contribution in [0.4, 0.5) is 0 Å². The molecule has 7 heteroatoms. The zero-order valence-electron chi connectivity index (χ0n) is 16.2. The number of carbonyl (C=O) groups is 1. The largest absolute Gasteiger partial charge is 0.491 e. The number of carbonyl (C=O) groups excluding carboxylic acids is 1. The molecule has 6 nitrogen and oxygen atoms in total. The summed E-state index contributed by atoms with van der Waals surface area (Å²) in [6.07, 6.45) is 2.03. The molecule has 2 aromatic carbocycles. The summed E-state index contributed by atoms with van der Waals surface area (Å²) in [5.41, 5.74) is 2.93.